The number of rotatable bonds is 3. The quantitative estimate of drug-likeness (QED) is 0.487. The molecule has 1 saturated heterocycles. The van der Waals surface area contributed by atoms with E-state index in [1.54, 1.807) is 33.0 Å². The van der Waals surface area contributed by atoms with Gasteiger partial charge in [0, 0.05) is 7.05 Å². The van der Waals surface area contributed by atoms with Crippen LogP contribution in [0.2, 0.25) is 0 Å². The number of carbonyl (C=O) groups is 2. The molecule has 0 unspecified atom stereocenters. The molecule has 1 heterocycles. The number of nitrogens with one attached hydrogen (secondary N) is 2. The van der Waals surface area contributed by atoms with E-state index < -0.39 is 22.3 Å². The molecule has 1 aliphatic heterocycles. The Labute approximate surface area is 121 Å². The number of para-hydroxylation sites is 1. The molecular weight excluding hydrogens is 276 g/mol. The molecule has 0 aliphatic carbocycles. The van der Waals surface area contributed by atoms with Crippen molar-refractivity contribution in [1.82, 2.24) is 5.32 Å². The summed E-state index contributed by atoms with van der Waals surface area (Å²) in [5.74, 6) is -0.966. The monoisotopic (exact) mass is 292 g/mol. The van der Waals surface area contributed by atoms with Crippen molar-refractivity contribution in [2.45, 2.75) is 19.4 Å². The second kappa shape index (κ2) is 5.04. The number of carbonyl (C=O) groups excluding carboxylic acids is 2. The first-order valence-electron chi connectivity index (χ1n) is 6.36. The third-order valence-electron chi connectivity index (χ3n) is 3.54. The van der Waals surface area contributed by atoms with Crippen LogP contribution in [0.1, 0.15) is 13.8 Å². The van der Waals surface area contributed by atoms with E-state index in [0.29, 0.717) is 5.69 Å². The second-order valence-corrected chi connectivity index (χ2v) is 5.20. The highest BCUT2D eigenvalue weighted by Crippen LogP contribution is 2.38. The highest BCUT2D eigenvalue weighted by Gasteiger charge is 2.43. The molecule has 0 spiro atoms. The molecule has 0 aromatic heterocycles. The Morgan fingerprint density at radius 3 is 2.62 bits per heavy atom. The molecule has 1 aromatic rings. The Morgan fingerprint density at radius 2 is 2.05 bits per heavy atom. The van der Waals surface area contributed by atoms with Crippen molar-refractivity contribution in [2.75, 3.05) is 23.8 Å². The van der Waals surface area contributed by atoms with Crippen molar-refractivity contribution in [3.05, 3.63) is 28.3 Å². The van der Waals surface area contributed by atoms with E-state index in [0.717, 1.165) is 0 Å². The van der Waals surface area contributed by atoms with Gasteiger partial charge in [-0.1, -0.05) is 6.07 Å². The van der Waals surface area contributed by atoms with Gasteiger partial charge in [0.15, 0.2) is 0 Å². The van der Waals surface area contributed by atoms with Crippen molar-refractivity contribution >= 4 is 28.9 Å². The molecular formula is C13H16N4O4. The first-order chi connectivity index (χ1) is 9.78. The predicted molar refractivity (Wildman–Crippen MR) is 77.2 cm³/mol. The fourth-order valence-electron chi connectivity index (χ4n) is 2.31. The number of hydrogen-bond acceptors (Lipinski definition) is 6. The third-order valence-corrected chi connectivity index (χ3v) is 3.54. The molecule has 2 N–H and O–H groups in total. The van der Waals surface area contributed by atoms with Gasteiger partial charge in [-0.05, 0) is 26.0 Å². The number of anilines is 2. The van der Waals surface area contributed by atoms with Crippen LogP contribution < -0.4 is 15.5 Å². The van der Waals surface area contributed by atoms with Gasteiger partial charge in [0.25, 0.3) is 5.91 Å². The van der Waals surface area contributed by atoms with Crippen LogP contribution in [0.15, 0.2) is 18.2 Å². The van der Waals surface area contributed by atoms with E-state index in [1.807, 2.05) is 0 Å². The molecule has 0 saturated carbocycles. The Kier molecular flexibility index (Phi) is 3.54. The molecule has 1 aliphatic rings. The molecule has 0 bridgehead atoms. The van der Waals surface area contributed by atoms with Gasteiger partial charge in [-0.15, -0.1) is 0 Å². The summed E-state index contributed by atoms with van der Waals surface area (Å²) in [6.45, 7) is 3.11. The summed E-state index contributed by atoms with van der Waals surface area (Å²) in [7, 11) is 1.57. The van der Waals surface area contributed by atoms with Crippen LogP contribution in [0.3, 0.4) is 0 Å². The lowest BCUT2D eigenvalue weighted by molar-refractivity contribution is -0.383. The van der Waals surface area contributed by atoms with Gasteiger partial charge < -0.3 is 10.2 Å². The number of imide groups is 1. The maximum absolute atomic E-state index is 12.0. The van der Waals surface area contributed by atoms with E-state index >= 15 is 0 Å². The zero-order valence-electron chi connectivity index (χ0n) is 12.0. The minimum absolute atomic E-state index is 0.118. The Balaban J connectivity index is 2.62. The number of hydrogen-bond donors (Lipinski definition) is 2. The van der Waals surface area contributed by atoms with E-state index in [2.05, 4.69) is 10.6 Å². The van der Waals surface area contributed by atoms with Gasteiger partial charge in [0.1, 0.15) is 16.9 Å². The topological polar surface area (TPSA) is 105 Å². The molecule has 21 heavy (non-hydrogen) atoms. The van der Waals surface area contributed by atoms with Crippen molar-refractivity contribution in [3.63, 3.8) is 0 Å². The minimum atomic E-state index is -1.06. The fraction of sp³-hybridized carbons (Fsp3) is 0.385. The Bertz CT molecular complexity index is 627. The molecule has 8 nitrogen and oxygen atoms in total. The lowest BCUT2D eigenvalue weighted by atomic mass is 9.97. The molecule has 1 fully saturated rings. The van der Waals surface area contributed by atoms with Crippen molar-refractivity contribution in [3.8, 4) is 0 Å². The first-order valence-corrected chi connectivity index (χ1v) is 6.36. The lowest BCUT2D eigenvalue weighted by Gasteiger charge is -2.41. The van der Waals surface area contributed by atoms with Gasteiger partial charge in [0.2, 0.25) is 5.91 Å². The molecule has 2 rings (SSSR count). The normalized spacial score (nSPS) is 17.4. The SMILES string of the molecule is CNc1cccc(N2CC(=O)NC(=O)C2(C)C)c1[N+](=O)[O-]. The van der Waals surface area contributed by atoms with Crippen molar-refractivity contribution in [1.29, 1.82) is 0 Å². The summed E-state index contributed by atoms with van der Waals surface area (Å²) in [6.07, 6.45) is 0. The molecule has 1 aromatic carbocycles. The number of benzene rings is 1. The van der Waals surface area contributed by atoms with Crippen LogP contribution in [0.4, 0.5) is 17.1 Å². The zero-order chi connectivity index (χ0) is 15.8. The maximum Gasteiger partial charge on any atom is 0.315 e. The number of nitro groups is 1. The molecule has 112 valence electrons. The van der Waals surface area contributed by atoms with E-state index in [4.69, 9.17) is 0 Å². The largest absolute Gasteiger partial charge is 0.382 e. The van der Waals surface area contributed by atoms with Crippen LogP contribution in [0.5, 0.6) is 0 Å². The molecule has 8 heteroatoms. The van der Waals surface area contributed by atoms with Gasteiger partial charge in [-0.25, -0.2) is 0 Å². The highest BCUT2D eigenvalue weighted by molar-refractivity contribution is 6.07. The van der Waals surface area contributed by atoms with Crippen LogP contribution in [0, 0.1) is 10.1 Å². The average molecular weight is 292 g/mol. The summed E-state index contributed by atoms with van der Waals surface area (Å²) < 4.78 is 0. The van der Waals surface area contributed by atoms with Crippen molar-refractivity contribution < 1.29 is 14.5 Å². The third kappa shape index (κ3) is 2.39. The smallest absolute Gasteiger partial charge is 0.315 e. The summed E-state index contributed by atoms with van der Waals surface area (Å²) in [5.41, 5.74) is -0.659. The number of amides is 2. The highest BCUT2D eigenvalue weighted by atomic mass is 16.6. The van der Waals surface area contributed by atoms with Crippen LogP contribution >= 0.6 is 0 Å². The van der Waals surface area contributed by atoms with E-state index in [-0.39, 0.29) is 17.9 Å². The zero-order valence-corrected chi connectivity index (χ0v) is 12.0. The number of nitro benzene ring substituents is 1. The predicted octanol–water partition coefficient (Wildman–Crippen LogP) is 0.878. The maximum atomic E-state index is 12.0. The standard InChI is InChI=1S/C13H16N4O4/c1-13(2)12(19)15-10(18)7-16(13)9-6-4-5-8(14-3)11(9)17(20)21/h4-6,14H,7H2,1-3H3,(H,15,18,19). The molecule has 2 amide bonds. The van der Waals surface area contributed by atoms with Crippen LogP contribution in [0.25, 0.3) is 0 Å². The number of piperazine rings is 1. The molecule has 0 radical (unpaired) electrons. The van der Waals surface area contributed by atoms with Gasteiger partial charge in [-0.3, -0.25) is 25.0 Å². The van der Waals surface area contributed by atoms with Gasteiger partial charge in [0.05, 0.1) is 11.5 Å². The average Bonchev–Trinajstić information content (AvgIpc) is 2.42. The van der Waals surface area contributed by atoms with E-state index in [9.17, 15) is 19.7 Å². The second-order valence-electron chi connectivity index (χ2n) is 5.20. The summed E-state index contributed by atoms with van der Waals surface area (Å²) in [5, 5.41) is 16.4. The van der Waals surface area contributed by atoms with Crippen molar-refractivity contribution in [2.24, 2.45) is 0 Å². The summed E-state index contributed by atoms with van der Waals surface area (Å²) >= 11 is 0. The molecule has 0 atom stereocenters. The van der Waals surface area contributed by atoms with Crippen LogP contribution in [-0.2, 0) is 9.59 Å². The van der Waals surface area contributed by atoms with Crippen LogP contribution in [-0.4, -0.2) is 35.9 Å². The van der Waals surface area contributed by atoms with Gasteiger partial charge >= 0.3 is 5.69 Å². The Morgan fingerprint density at radius 1 is 1.38 bits per heavy atom. The first kappa shape index (κ1) is 14.8. The lowest BCUT2D eigenvalue weighted by Crippen LogP contribution is -2.64. The number of nitrogens with zero attached hydrogens (tertiary/aromatic N) is 2. The summed E-state index contributed by atoms with van der Waals surface area (Å²) in [6, 6.07) is 4.74. The Hall–Kier alpha value is -2.64. The van der Waals surface area contributed by atoms with E-state index in [1.165, 1.54) is 11.0 Å². The minimum Gasteiger partial charge on any atom is -0.382 e. The summed E-state index contributed by atoms with van der Waals surface area (Å²) in [4.78, 5) is 35.9. The van der Waals surface area contributed by atoms with Gasteiger partial charge in [-0.2, -0.15) is 0 Å². The fourth-order valence-corrected chi connectivity index (χ4v) is 2.31.